The minimum Gasteiger partial charge on any atom is -0.491 e. The molecule has 0 bridgehead atoms. The predicted molar refractivity (Wildman–Crippen MR) is 89.0 cm³/mol. The maximum Gasteiger partial charge on any atom is 0.243 e. The molecule has 3 rings (SSSR count). The summed E-state index contributed by atoms with van der Waals surface area (Å²) in [6.45, 7) is 5.94. The molecule has 118 valence electrons. The summed E-state index contributed by atoms with van der Waals surface area (Å²) in [7, 11) is 0. The zero-order valence-corrected chi connectivity index (χ0v) is 13.0. The van der Waals surface area contributed by atoms with E-state index in [1.807, 2.05) is 49.4 Å². The van der Waals surface area contributed by atoms with E-state index in [0.29, 0.717) is 6.61 Å². The van der Waals surface area contributed by atoms with Crippen LogP contribution in [-0.2, 0) is 11.2 Å². The average Bonchev–Trinajstić information content (AvgIpc) is 2.57. The van der Waals surface area contributed by atoms with Gasteiger partial charge < -0.3 is 14.8 Å². The highest BCUT2D eigenvalue weighted by molar-refractivity contribution is 5.87. The number of benzene rings is 2. The molecule has 1 heterocycles. The molecule has 4 heteroatoms. The van der Waals surface area contributed by atoms with Gasteiger partial charge in [-0.1, -0.05) is 30.3 Å². The van der Waals surface area contributed by atoms with E-state index in [1.165, 1.54) is 11.6 Å². The number of rotatable bonds is 4. The third-order valence-corrected chi connectivity index (χ3v) is 3.73. The third kappa shape index (κ3) is 3.72. The lowest BCUT2D eigenvalue weighted by Crippen LogP contribution is -2.41. The van der Waals surface area contributed by atoms with Gasteiger partial charge in [0.05, 0.1) is 6.04 Å². The summed E-state index contributed by atoms with van der Waals surface area (Å²) < 4.78 is 11.6. The normalized spacial score (nSPS) is 16.0. The van der Waals surface area contributed by atoms with Gasteiger partial charge in [0.25, 0.3) is 0 Å². The SMILES string of the molecule is C=CC(=O)NC1COc2cc(Oc3ccc(C)cc3)ccc2C1. The van der Waals surface area contributed by atoms with Gasteiger partial charge in [-0.15, -0.1) is 0 Å². The summed E-state index contributed by atoms with van der Waals surface area (Å²) in [5.74, 6) is 2.16. The molecule has 2 aromatic rings. The van der Waals surface area contributed by atoms with Gasteiger partial charge in [0, 0.05) is 6.07 Å². The van der Waals surface area contributed by atoms with Crippen molar-refractivity contribution in [3.8, 4) is 17.2 Å². The van der Waals surface area contributed by atoms with Gasteiger partial charge in [0.1, 0.15) is 23.9 Å². The molecule has 1 amide bonds. The number of hydrogen-bond donors (Lipinski definition) is 1. The van der Waals surface area contributed by atoms with Crippen molar-refractivity contribution in [1.82, 2.24) is 5.32 Å². The van der Waals surface area contributed by atoms with E-state index in [2.05, 4.69) is 11.9 Å². The van der Waals surface area contributed by atoms with Gasteiger partial charge in [-0.05, 0) is 43.2 Å². The summed E-state index contributed by atoms with van der Waals surface area (Å²) in [5, 5.41) is 2.86. The molecule has 0 saturated heterocycles. The van der Waals surface area contributed by atoms with Gasteiger partial charge in [0.2, 0.25) is 5.91 Å². The van der Waals surface area contributed by atoms with Crippen LogP contribution in [0.2, 0.25) is 0 Å². The first kappa shape index (κ1) is 15.2. The van der Waals surface area contributed by atoms with Crippen molar-refractivity contribution in [1.29, 1.82) is 0 Å². The molecule has 1 unspecified atom stereocenters. The number of aryl methyl sites for hydroxylation is 1. The molecule has 0 fully saturated rings. The summed E-state index contributed by atoms with van der Waals surface area (Å²) >= 11 is 0. The maximum absolute atomic E-state index is 11.4. The predicted octanol–water partition coefficient (Wildman–Crippen LogP) is 3.39. The molecule has 1 aliphatic rings. The second kappa shape index (κ2) is 6.57. The zero-order valence-electron chi connectivity index (χ0n) is 13.0. The van der Waals surface area contributed by atoms with Crippen LogP contribution in [0.5, 0.6) is 17.2 Å². The minimum atomic E-state index is -0.179. The van der Waals surface area contributed by atoms with E-state index in [0.717, 1.165) is 29.2 Å². The highest BCUT2D eigenvalue weighted by atomic mass is 16.5. The standard InChI is InChI=1S/C19H19NO3/c1-3-19(21)20-15-10-14-6-9-17(11-18(14)22-12-15)23-16-7-4-13(2)5-8-16/h3-9,11,15H,1,10,12H2,2H3,(H,20,21). The van der Waals surface area contributed by atoms with Crippen LogP contribution in [0.3, 0.4) is 0 Å². The van der Waals surface area contributed by atoms with Gasteiger partial charge in [-0.2, -0.15) is 0 Å². The Kier molecular flexibility index (Phi) is 4.33. The van der Waals surface area contributed by atoms with E-state index in [4.69, 9.17) is 9.47 Å². The monoisotopic (exact) mass is 309 g/mol. The Hall–Kier alpha value is -2.75. The molecule has 23 heavy (non-hydrogen) atoms. The number of hydrogen-bond acceptors (Lipinski definition) is 3. The van der Waals surface area contributed by atoms with E-state index < -0.39 is 0 Å². The first-order valence-corrected chi connectivity index (χ1v) is 7.57. The summed E-state index contributed by atoms with van der Waals surface area (Å²) in [6, 6.07) is 13.7. The summed E-state index contributed by atoms with van der Waals surface area (Å²) in [4.78, 5) is 11.4. The second-order valence-corrected chi connectivity index (χ2v) is 5.61. The zero-order chi connectivity index (χ0) is 16.2. The first-order chi connectivity index (χ1) is 11.1. The third-order valence-electron chi connectivity index (χ3n) is 3.73. The van der Waals surface area contributed by atoms with Crippen LogP contribution >= 0.6 is 0 Å². The van der Waals surface area contributed by atoms with Crippen molar-refractivity contribution in [2.24, 2.45) is 0 Å². The Morgan fingerprint density at radius 2 is 2.00 bits per heavy atom. The fraction of sp³-hybridized carbons (Fsp3) is 0.211. The molecule has 1 N–H and O–H groups in total. The molecule has 0 radical (unpaired) electrons. The number of ether oxygens (including phenoxy) is 2. The van der Waals surface area contributed by atoms with Crippen LogP contribution in [-0.4, -0.2) is 18.6 Å². The van der Waals surface area contributed by atoms with Crippen molar-refractivity contribution < 1.29 is 14.3 Å². The molecule has 1 aliphatic heterocycles. The van der Waals surface area contributed by atoms with Crippen LogP contribution in [0, 0.1) is 6.92 Å². The Morgan fingerprint density at radius 3 is 2.74 bits per heavy atom. The number of fused-ring (bicyclic) bond motifs is 1. The van der Waals surface area contributed by atoms with Crippen molar-refractivity contribution in [3.63, 3.8) is 0 Å². The Morgan fingerprint density at radius 1 is 1.26 bits per heavy atom. The largest absolute Gasteiger partial charge is 0.491 e. The lowest BCUT2D eigenvalue weighted by Gasteiger charge is -2.26. The molecule has 0 saturated carbocycles. The maximum atomic E-state index is 11.4. The topological polar surface area (TPSA) is 47.6 Å². The minimum absolute atomic E-state index is 0.0307. The van der Waals surface area contributed by atoms with E-state index in [9.17, 15) is 4.79 Å². The fourth-order valence-corrected chi connectivity index (χ4v) is 2.51. The number of nitrogens with one attached hydrogen (secondary N) is 1. The van der Waals surface area contributed by atoms with Crippen molar-refractivity contribution in [3.05, 3.63) is 66.2 Å². The quantitative estimate of drug-likeness (QED) is 0.881. The molecule has 0 aromatic heterocycles. The number of amides is 1. The fourth-order valence-electron chi connectivity index (χ4n) is 2.51. The van der Waals surface area contributed by atoms with Gasteiger partial charge in [-0.3, -0.25) is 4.79 Å². The lowest BCUT2D eigenvalue weighted by molar-refractivity contribution is -0.117. The Labute approximate surface area is 135 Å². The molecule has 0 spiro atoms. The first-order valence-electron chi connectivity index (χ1n) is 7.57. The van der Waals surface area contributed by atoms with E-state index >= 15 is 0 Å². The van der Waals surface area contributed by atoms with E-state index in [-0.39, 0.29) is 11.9 Å². The highest BCUT2D eigenvalue weighted by Gasteiger charge is 2.21. The van der Waals surface area contributed by atoms with Gasteiger partial charge >= 0.3 is 0 Å². The Balaban J connectivity index is 1.70. The van der Waals surface area contributed by atoms with Crippen molar-refractivity contribution >= 4 is 5.91 Å². The van der Waals surface area contributed by atoms with Crippen molar-refractivity contribution in [2.75, 3.05) is 6.61 Å². The number of carbonyl (C=O) groups is 1. The van der Waals surface area contributed by atoms with Gasteiger partial charge in [0.15, 0.2) is 0 Å². The van der Waals surface area contributed by atoms with Crippen LogP contribution in [0.15, 0.2) is 55.1 Å². The second-order valence-electron chi connectivity index (χ2n) is 5.61. The molecular weight excluding hydrogens is 290 g/mol. The summed E-state index contributed by atoms with van der Waals surface area (Å²) in [5.41, 5.74) is 2.25. The molecule has 2 aromatic carbocycles. The molecule has 0 aliphatic carbocycles. The van der Waals surface area contributed by atoms with Gasteiger partial charge in [-0.25, -0.2) is 0 Å². The van der Waals surface area contributed by atoms with Crippen LogP contribution in [0.4, 0.5) is 0 Å². The molecule has 4 nitrogen and oxygen atoms in total. The van der Waals surface area contributed by atoms with Crippen LogP contribution in [0.1, 0.15) is 11.1 Å². The number of carbonyl (C=O) groups excluding carboxylic acids is 1. The average molecular weight is 309 g/mol. The smallest absolute Gasteiger partial charge is 0.243 e. The van der Waals surface area contributed by atoms with Crippen LogP contribution < -0.4 is 14.8 Å². The summed E-state index contributed by atoms with van der Waals surface area (Å²) in [6.07, 6.45) is 2.01. The lowest BCUT2D eigenvalue weighted by atomic mass is 10.0. The van der Waals surface area contributed by atoms with E-state index in [1.54, 1.807) is 0 Å². The molecular formula is C19H19NO3. The van der Waals surface area contributed by atoms with Crippen LogP contribution in [0.25, 0.3) is 0 Å². The van der Waals surface area contributed by atoms with Crippen molar-refractivity contribution in [2.45, 2.75) is 19.4 Å². The molecule has 1 atom stereocenters. The Bertz CT molecular complexity index is 722. The highest BCUT2D eigenvalue weighted by Crippen LogP contribution is 2.31.